The Bertz CT molecular complexity index is 521. The van der Waals surface area contributed by atoms with Gasteiger partial charge in [-0.2, -0.15) is 0 Å². The molecule has 1 aliphatic heterocycles. The average Bonchev–Trinajstić information content (AvgIpc) is 2.55. The zero-order valence-electron chi connectivity index (χ0n) is 12.8. The first kappa shape index (κ1) is 15.4. The van der Waals surface area contributed by atoms with Gasteiger partial charge in [-0.05, 0) is 25.0 Å². The molecule has 0 aromatic heterocycles. The maximum atomic E-state index is 13.5. The fourth-order valence-electron chi connectivity index (χ4n) is 3.47. The third kappa shape index (κ3) is 3.65. The van der Waals surface area contributed by atoms with Crippen molar-refractivity contribution in [3.8, 4) is 0 Å². The van der Waals surface area contributed by atoms with Crippen LogP contribution in [0.3, 0.4) is 0 Å². The van der Waals surface area contributed by atoms with Gasteiger partial charge in [-0.25, -0.2) is 4.39 Å². The zero-order chi connectivity index (χ0) is 15.4. The number of hydrogen-bond acceptors (Lipinski definition) is 3. The van der Waals surface area contributed by atoms with E-state index in [0.717, 1.165) is 26.0 Å². The van der Waals surface area contributed by atoms with Crippen molar-refractivity contribution in [2.24, 2.45) is 0 Å². The predicted octanol–water partition coefficient (Wildman–Crippen LogP) is 2.80. The number of rotatable bonds is 4. The summed E-state index contributed by atoms with van der Waals surface area (Å²) in [6.45, 7) is 2.34. The Labute approximate surface area is 130 Å². The number of carbonyl (C=O) groups is 1. The Hall–Kier alpha value is -1.46. The molecule has 1 saturated carbocycles. The van der Waals surface area contributed by atoms with E-state index in [1.807, 2.05) is 0 Å². The summed E-state index contributed by atoms with van der Waals surface area (Å²) in [6.07, 6.45) is 5.47. The van der Waals surface area contributed by atoms with E-state index in [1.165, 1.54) is 18.9 Å². The number of ether oxygens (including phenoxy) is 1. The third-order valence-electron chi connectivity index (χ3n) is 4.62. The first-order chi connectivity index (χ1) is 10.7. The quantitative estimate of drug-likeness (QED) is 0.930. The highest BCUT2D eigenvalue weighted by Crippen LogP contribution is 2.28. The number of nitrogens with one attached hydrogen (secondary N) is 1. The molecular formula is C17H23FN2O2. The fourth-order valence-corrected chi connectivity index (χ4v) is 3.47. The molecule has 1 heterocycles. The standard InChI is InChI=1S/C17H23FN2O2/c18-13-5-1-2-6-14(13)19-17(21)9-10-20-11-12-22-16-8-4-3-7-15(16)20/h1-2,5-6,15-16H,3-4,7-12H2,(H,19,21)/t15-,16-/m0/s1. The van der Waals surface area contributed by atoms with E-state index in [-0.39, 0.29) is 11.6 Å². The second-order valence-corrected chi connectivity index (χ2v) is 6.08. The van der Waals surface area contributed by atoms with Crippen LogP contribution in [0.1, 0.15) is 32.1 Å². The summed E-state index contributed by atoms with van der Waals surface area (Å²) >= 11 is 0. The van der Waals surface area contributed by atoms with Gasteiger partial charge in [-0.15, -0.1) is 0 Å². The summed E-state index contributed by atoms with van der Waals surface area (Å²) in [5.41, 5.74) is 0.255. The molecule has 5 heteroatoms. The molecular weight excluding hydrogens is 283 g/mol. The molecule has 22 heavy (non-hydrogen) atoms. The Morgan fingerprint density at radius 2 is 2.14 bits per heavy atom. The molecule has 1 aromatic rings. The Kier molecular flexibility index (Phi) is 5.05. The Morgan fingerprint density at radius 1 is 1.32 bits per heavy atom. The average molecular weight is 306 g/mol. The van der Waals surface area contributed by atoms with E-state index in [9.17, 15) is 9.18 Å². The predicted molar refractivity (Wildman–Crippen MR) is 83.2 cm³/mol. The molecule has 1 aromatic carbocycles. The largest absolute Gasteiger partial charge is 0.375 e. The van der Waals surface area contributed by atoms with Gasteiger partial charge in [0.15, 0.2) is 0 Å². The second kappa shape index (κ2) is 7.20. The van der Waals surface area contributed by atoms with Gasteiger partial charge in [0.05, 0.1) is 18.4 Å². The first-order valence-corrected chi connectivity index (χ1v) is 8.14. The number of carbonyl (C=O) groups excluding carboxylic acids is 1. The summed E-state index contributed by atoms with van der Waals surface area (Å²) in [7, 11) is 0. The molecule has 2 atom stereocenters. The van der Waals surface area contributed by atoms with Crippen LogP contribution < -0.4 is 5.32 Å². The van der Waals surface area contributed by atoms with E-state index in [4.69, 9.17) is 4.74 Å². The molecule has 3 rings (SSSR count). The molecule has 4 nitrogen and oxygen atoms in total. The Morgan fingerprint density at radius 3 is 3.00 bits per heavy atom. The number of anilines is 1. The maximum absolute atomic E-state index is 13.5. The van der Waals surface area contributed by atoms with Gasteiger partial charge in [-0.3, -0.25) is 9.69 Å². The SMILES string of the molecule is O=C(CCN1CCO[C@H]2CCCC[C@@H]21)Nc1ccccc1F. The Balaban J connectivity index is 1.51. The number of amides is 1. The summed E-state index contributed by atoms with van der Waals surface area (Å²) < 4.78 is 19.4. The highest BCUT2D eigenvalue weighted by molar-refractivity contribution is 5.90. The van der Waals surface area contributed by atoms with E-state index in [0.29, 0.717) is 25.1 Å². The number of nitrogens with zero attached hydrogens (tertiary/aromatic N) is 1. The molecule has 0 radical (unpaired) electrons. The molecule has 1 aliphatic carbocycles. The van der Waals surface area contributed by atoms with Crippen LogP contribution in [0.4, 0.5) is 10.1 Å². The van der Waals surface area contributed by atoms with Gasteiger partial charge < -0.3 is 10.1 Å². The van der Waals surface area contributed by atoms with Crippen molar-refractivity contribution in [2.45, 2.75) is 44.2 Å². The molecule has 2 aliphatic rings. The van der Waals surface area contributed by atoms with Gasteiger partial charge in [0.25, 0.3) is 0 Å². The lowest BCUT2D eigenvalue weighted by Gasteiger charge is -2.43. The number of morpholine rings is 1. The first-order valence-electron chi connectivity index (χ1n) is 8.14. The third-order valence-corrected chi connectivity index (χ3v) is 4.62. The van der Waals surface area contributed by atoms with Crippen LogP contribution in [0.15, 0.2) is 24.3 Å². The number of para-hydroxylation sites is 1. The number of hydrogen-bond donors (Lipinski definition) is 1. The van der Waals surface area contributed by atoms with Crippen LogP contribution >= 0.6 is 0 Å². The molecule has 120 valence electrons. The molecule has 1 saturated heterocycles. The monoisotopic (exact) mass is 306 g/mol. The van der Waals surface area contributed by atoms with E-state index < -0.39 is 5.82 Å². The van der Waals surface area contributed by atoms with Crippen molar-refractivity contribution in [3.05, 3.63) is 30.1 Å². The minimum atomic E-state index is -0.394. The molecule has 1 amide bonds. The summed E-state index contributed by atoms with van der Waals surface area (Å²) in [5, 5.41) is 2.65. The van der Waals surface area contributed by atoms with Crippen LogP contribution in [-0.4, -0.2) is 42.6 Å². The van der Waals surface area contributed by atoms with Crippen molar-refractivity contribution in [3.63, 3.8) is 0 Å². The van der Waals surface area contributed by atoms with Crippen LogP contribution in [0.2, 0.25) is 0 Å². The van der Waals surface area contributed by atoms with Gasteiger partial charge in [0.1, 0.15) is 5.82 Å². The lowest BCUT2D eigenvalue weighted by atomic mass is 9.90. The van der Waals surface area contributed by atoms with E-state index >= 15 is 0 Å². The smallest absolute Gasteiger partial charge is 0.225 e. The van der Waals surface area contributed by atoms with Gasteiger partial charge >= 0.3 is 0 Å². The van der Waals surface area contributed by atoms with Gasteiger partial charge in [-0.1, -0.05) is 25.0 Å². The minimum absolute atomic E-state index is 0.135. The van der Waals surface area contributed by atoms with Crippen LogP contribution in [0.5, 0.6) is 0 Å². The zero-order valence-corrected chi connectivity index (χ0v) is 12.8. The van der Waals surface area contributed by atoms with Crippen LogP contribution in [0, 0.1) is 5.82 Å². The van der Waals surface area contributed by atoms with Crippen molar-refractivity contribution < 1.29 is 13.9 Å². The maximum Gasteiger partial charge on any atom is 0.225 e. The van der Waals surface area contributed by atoms with E-state index in [2.05, 4.69) is 10.2 Å². The number of fused-ring (bicyclic) bond motifs is 1. The summed E-state index contributed by atoms with van der Waals surface area (Å²) in [4.78, 5) is 14.4. The van der Waals surface area contributed by atoms with E-state index in [1.54, 1.807) is 18.2 Å². The molecule has 1 N–H and O–H groups in total. The fraction of sp³-hybridized carbons (Fsp3) is 0.588. The lowest BCUT2D eigenvalue weighted by molar-refractivity contribution is -0.118. The highest BCUT2D eigenvalue weighted by atomic mass is 19.1. The molecule has 0 unspecified atom stereocenters. The normalized spacial score (nSPS) is 25.5. The van der Waals surface area contributed by atoms with Gasteiger partial charge in [0.2, 0.25) is 5.91 Å². The number of halogens is 1. The van der Waals surface area contributed by atoms with Crippen molar-refractivity contribution in [2.75, 3.05) is 25.0 Å². The van der Waals surface area contributed by atoms with Crippen LogP contribution in [0.25, 0.3) is 0 Å². The molecule has 0 bridgehead atoms. The lowest BCUT2D eigenvalue weighted by Crippen LogP contribution is -2.53. The van der Waals surface area contributed by atoms with Crippen molar-refractivity contribution in [1.29, 1.82) is 0 Å². The number of benzene rings is 1. The van der Waals surface area contributed by atoms with Crippen molar-refractivity contribution in [1.82, 2.24) is 4.90 Å². The summed E-state index contributed by atoms with van der Waals surface area (Å²) in [6, 6.07) is 6.71. The highest BCUT2D eigenvalue weighted by Gasteiger charge is 2.33. The second-order valence-electron chi connectivity index (χ2n) is 6.08. The topological polar surface area (TPSA) is 41.6 Å². The minimum Gasteiger partial charge on any atom is -0.375 e. The van der Waals surface area contributed by atoms with Gasteiger partial charge in [0, 0.05) is 25.6 Å². The van der Waals surface area contributed by atoms with Crippen molar-refractivity contribution >= 4 is 11.6 Å². The molecule has 2 fully saturated rings. The molecule has 0 spiro atoms. The summed E-state index contributed by atoms with van der Waals surface area (Å²) in [5.74, 6) is -0.529. The van der Waals surface area contributed by atoms with Crippen LogP contribution in [-0.2, 0) is 9.53 Å².